The van der Waals surface area contributed by atoms with Crippen molar-refractivity contribution in [2.45, 2.75) is 9.92 Å². The Morgan fingerprint density at radius 2 is 1.65 bits per heavy atom. The summed E-state index contributed by atoms with van der Waals surface area (Å²) in [5, 5.41) is 12.3. The summed E-state index contributed by atoms with van der Waals surface area (Å²) in [6.45, 7) is 0. The molecule has 0 radical (unpaired) electrons. The van der Waals surface area contributed by atoms with Crippen LogP contribution in [0.25, 0.3) is 11.1 Å². The van der Waals surface area contributed by atoms with Crippen LogP contribution in [0, 0.1) is 0 Å². The molecule has 20 heavy (non-hydrogen) atoms. The lowest BCUT2D eigenvalue weighted by atomic mass is 10.1. The summed E-state index contributed by atoms with van der Waals surface area (Å²) in [4.78, 5) is 1.10. The molecule has 0 saturated carbocycles. The maximum absolute atomic E-state index is 6.04. The predicted molar refractivity (Wildman–Crippen MR) is 82.4 cm³/mol. The number of nitrogens with zero attached hydrogens (tertiary/aromatic N) is 2. The van der Waals surface area contributed by atoms with Crippen molar-refractivity contribution in [2.75, 3.05) is 0 Å². The number of nitrogens with one attached hydrogen (secondary N) is 1. The first-order valence-corrected chi connectivity index (χ1v) is 7.39. The summed E-state index contributed by atoms with van der Waals surface area (Å²) in [6, 6.07) is 13.8. The Labute approximate surface area is 130 Å². The van der Waals surface area contributed by atoms with E-state index in [1.165, 1.54) is 0 Å². The highest BCUT2D eigenvalue weighted by Crippen LogP contribution is 2.31. The van der Waals surface area contributed by atoms with Crippen molar-refractivity contribution >= 4 is 35.0 Å². The Bertz CT molecular complexity index is 712. The highest BCUT2D eigenvalue weighted by Gasteiger charge is 2.04. The monoisotopic (exact) mass is 321 g/mol. The molecule has 1 N–H and O–H groups in total. The average Bonchev–Trinajstić information content (AvgIpc) is 2.96. The molecule has 0 aliphatic carbocycles. The van der Waals surface area contributed by atoms with Crippen LogP contribution < -0.4 is 0 Å². The van der Waals surface area contributed by atoms with Crippen molar-refractivity contribution in [1.82, 2.24) is 15.4 Å². The van der Waals surface area contributed by atoms with Crippen LogP contribution in [-0.4, -0.2) is 15.4 Å². The fourth-order valence-corrected chi connectivity index (χ4v) is 2.76. The predicted octanol–water partition coefficient (Wildman–Crippen LogP) is 4.93. The van der Waals surface area contributed by atoms with E-state index in [1.807, 2.05) is 36.4 Å². The highest BCUT2D eigenvalue weighted by molar-refractivity contribution is 7.99. The van der Waals surface area contributed by atoms with E-state index in [0.717, 1.165) is 21.0 Å². The minimum atomic E-state index is 0.560. The number of halogens is 2. The zero-order valence-electron chi connectivity index (χ0n) is 10.2. The molecule has 0 unspecified atom stereocenters. The van der Waals surface area contributed by atoms with Gasteiger partial charge in [-0.1, -0.05) is 53.2 Å². The smallest absolute Gasteiger partial charge is 0.143 e. The van der Waals surface area contributed by atoms with Crippen molar-refractivity contribution in [3.63, 3.8) is 0 Å². The lowest BCUT2D eigenvalue weighted by Crippen LogP contribution is -1.80. The van der Waals surface area contributed by atoms with E-state index in [-0.39, 0.29) is 0 Å². The van der Waals surface area contributed by atoms with Crippen molar-refractivity contribution in [3.8, 4) is 11.1 Å². The molecule has 0 saturated heterocycles. The van der Waals surface area contributed by atoms with Crippen LogP contribution in [0.1, 0.15) is 0 Å². The van der Waals surface area contributed by atoms with Crippen LogP contribution >= 0.6 is 35.0 Å². The molecule has 3 rings (SSSR count). The molecule has 100 valence electrons. The van der Waals surface area contributed by atoms with Crippen LogP contribution in [0.2, 0.25) is 10.0 Å². The first kappa shape index (κ1) is 13.5. The summed E-state index contributed by atoms with van der Waals surface area (Å²) in [5.74, 6) is 0. The van der Waals surface area contributed by atoms with Gasteiger partial charge in [0.05, 0.1) is 16.2 Å². The molecule has 6 heteroatoms. The van der Waals surface area contributed by atoms with Crippen LogP contribution in [0.5, 0.6) is 0 Å². The second-order valence-electron chi connectivity index (χ2n) is 4.06. The van der Waals surface area contributed by atoms with E-state index in [9.17, 15) is 0 Å². The lowest BCUT2D eigenvalue weighted by Gasteiger charge is -2.05. The summed E-state index contributed by atoms with van der Waals surface area (Å²) in [7, 11) is 0. The molecule has 0 amide bonds. The third kappa shape index (κ3) is 2.98. The normalized spacial score (nSPS) is 10.7. The molecule has 0 atom stereocenters. The number of aromatic amines is 1. The molecule has 0 fully saturated rings. The zero-order valence-corrected chi connectivity index (χ0v) is 12.5. The fourth-order valence-electron chi connectivity index (χ4n) is 1.75. The van der Waals surface area contributed by atoms with Gasteiger partial charge in [-0.15, -0.1) is 5.10 Å². The van der Waals surface area contributed by atoms with E-state index in [0.29, 0.717) is 10.0 Å². The van der Waals surface area contributed by atoms with E-state index in [2.05, 4.69) is 15.4 Å². The summed E-state index contributed by atoms with van der Waals surface area (Å²) in [5.41, 5.74) is 2.13. The van der Waals surface area contributed by atoms with Crippen molar-refractivity contribution < 1.29 is 0 Å². The zero-order chi connectivity index (χ0) is 13.9. The van der Waals surface area contributed by atoms with E-state index >= 15 is 0 Å². The Morgan fingerprint density at radius 1 is 0.900 bits per heavy atom. The molecule has 0 bridgehead atoms. The third-order valence-corrected chi connectivity index (χ3v) is 4.38. The first-order chi connectivity index (χ1) is 9.72. The fraction of sp³-hybridized carbons (Fsp3) is 0. The number of aromatic nitrogens is 3. The van der Waals surface area contributed by atoms with E-state index < -0.39 is 0 Å². The number of benzene rings is 2. The van der Waals surface area contributed by atoms with Crippen LogP contribution in [0.15, 0.2) is 58.6 Å². The quantitative estimate of drug-likeness (QED) is 0.743. The van der Waals surface area contributed by atoms with Gasteiger partial charge in [0.15, 0.2) is 0 Å². The van der Waals surface area contributed by atoms with Gasteiger partial charge in [0.2, 0.25) is 0 Å². The number of rotatable bonds is 3. The first-order valence-electron chi connectivity index (χ1n) is 5.81. The van der Waals surface area contributed by atoms with Crippen LogP contribution in [0.4, 0.5) is 0 Å². The van der Waals surface area contributed by atoms with E-state index in [4.69, 9.17) is 23.2 Å². The molecular formula is C14H9Cl2N3S. The second kappa shape index (κ2) is 5.87. The van der Waals surface area contributed by atoms with Crippen molar-refractivity contribution in [2.24, 2.45) is 0 Å². The van der Waals surface area contributed by atoms with Crippen molar-refractivity contribution in [3.05, 3.63) is 58.7 Å². The van der Waals surface area contributed by atoms with Gasteiger partial charge in [-0.3, -0.25) is 0 Å². The molecule has 0 aliphatic heterocycles. The van der Waals surface area contributed by atoms with Crippen LogP contribution in [-0.2, 0) is 0 Å². The molecule has 3 aromatic rings. The minimum Gasteiger partial charge on any atom is -0.197 e. The highest BCUT2D eigenvalue weighted by atomic mass is 35.5. The van der Waals surface area contributed by atoms with Gasteiger partial charge in [0.1, 0.15) is 5.03 Å². The molecule has 0 spiro atoms. The van der Waals surface area contributed by atoms with Gasteiger partial charge in [-0.2, -0.15) is 10.3 Å². The number of H-pyrrole nitrogens is 1. The second-order valence-corrected chi connectivity index (χ2v) is 5.97. The van der Waals surface area contributed by atoms with Gasteiger partial charge in [0.25, 0.3) is 0 Å². The molecule has 2 aromatic carbocycles. The molecule has 1 heterocycles. The maximum atomic E-state index is 6.04. The largest absolute Gasteiger partial charge is 0.197 e. The molecule has 3 nitrogen and oxygen atoms in total. The van der Waals surface area contributed by atoms with Gasteiger partial charge >= 0.3 is 0 Å². The Balaban J connectivity index is 1.83. The number of hydrogen-bond acceptors (Lipinski definition) is 3. The SMILES string of the molecule is Clc1ccc(-c2ccc(Sc3cn[nH]n3)cc2)cc1Cl. The van der Waals surface area contributed by atoms with Crippen molar-refractivity contribution in [1.29, 1.82) is 0 Å². The molecular weight excluding hydrogens is 313 g/mol. The maximum Gasteiger partial charge on any atom is 0.143 e. The Hall–Kier alpha value is -1.49. The van der Waals surface area contributed by atoms with Crippen LogP contribution in [0.3, 0.4) is 0 Å². The minimum absolute atomic E-state index is 0.560. The van der Waals surface area contributed by atoms with E-state index in [1.54, 1.807) is 24.0 Å². The third-order valence-electron chi connectivity index (χ3n) is 2.72. The average molecular weight is 322 g/mol. The molecule has 1 aromatic heterocycles. The van der Waals surface area contributed by atoms with Gasteiger partial charge in [0, 0.05) is 4.90 Å². The topological polar surface area (TPSA) is 41.6 Å². The Morgan fingerprint density at radius 3 is 2.30 bits per heavy atom. The van der Waals surface area contributed by atoms with Gasteiger partial charge in [-0.05, 0) is 35.4 Å². The van der Waals surface area contributed by atoms with Gasteiger partial charge in [-0.25, -0.2) is 0 Å². The lowest BCUT2D eigenvalue weighted by molar-refractivity contribution is 0.911. The summed E-state index contributed by atoms with van der Waals surface area (Å²) >= 11 is 13.5. The summed E-state index contributed by atoms with van der Waals surface area (Å²) < 4.78 is 0. The van der Waals surface area contributed by atoms with Gasteiger partial charge < -0.3 is 0 Å². The standard InChI is InChI=1S/C14H9Cl2N3S/c15-12-6-3-10(7-13(12)16)9-1-4-11(5-2-9)20-14-8-17-19-18-14/h1-8H,(H,17,18,19). The number of hydrogen-bond donors (Lipinski definition) is 1. The Kier molecular flexibility index (Phi) is 3.96. The summed E-state index contributed by atoms with van der Waals surface area (Å²) in [6.07, 6.45) is 1.69. The molecule has 0 aliphatic rings.